The molecule has 1 aromatic heterocycles. The van der Waals surface area contributed by atoms with E-state index in [1.165, 1.54) is 10.9 Å². The lowest BCUT2D eigenvalue weighted by molar-refractivity contribution is -0.0616. The second-order valence-corrected chi connectivity index (χ2v) is 5.88. The minimum absolute atomic E-state index is 0.603. The molecule has 0 unspecified atom stereocenters. The van der Waals surface area contributed by atoms with E-state index in [9.17, 15) is 5.11 Å². The van der Waals surface area contributed by atoms with Gasteiger partial charge in [-0.2, -0.15) is 0 Å². The summed E-state index contributed by atoms with van der Waals surface area (Å²) in [6, 6.07) is 10.3. The van der Waals surface area contributed by atoms with E-state index in [-0.39, 0.29) is 0 Å². The standard InChI is InChI=1S/C17H22N2O2/c1-13-10-14(15-4-2-3-5-16(15)19-13)11-18-12-17(20)6-8-21-9-7-17/h2-5,10,18,20H,6-9,11-12H2,1H3. The van der Waals surface area contributed by atoms with E-state index in [4.69, 9.17) is 4.74 Å². The summed E-state index contributed by atoms with van der Waals surface area (Å²) in [5.74, 6) is 0. The van der Waals surface area contributed by atoms with Gasteiger partial charge < -0.3 is 15.2 Å². The summed E-state index contributed by atoms with van der Waals surface area (Å²) in [5.41, 5.74) is 2.65. The van der Waals surface area contributed by atoms with Gasteiger partial charge in [0.05, 0.1) is 11.1 Å². The van der Waals surface area contributed by atoms with Crippen LogP contribution in [0.4, 0.5) is 0 Å². The maximum Gasteiger partial charge on any atom is 0.0815 e. The van der Waals surface area contributed by atoms with Crippen LogP contribution in [0, 0.1) is 6.92 Å². The van der Waals surface area contributed by atoms with Gasteiger partial charge in [-0.05, 0) is 24.6 Å². The molecular formula is C17H22N2O2. The van der Waals surface area contributed by atoms with Crippen LogP contribution >= 0.6 is 0 Å². The molecule has 3 rings (SSSR count). The number of pyridine rings is 1. The Morgan fingerprint density at radius 1 is 1.29 bits per heavy atom. The molecule has 1 saturated heterocycles. The SMILES string of the molecule is Cc1cc(CNCC2(O)CCOCC2)c2ccccc2n1. The number of para-hydroxylation sites is 1. The van der Waals surface area contributed by atoms with Crippen molar-refractivity contribution in [1.82, 2.24) is 10.3 Å². The van der Waals surface area contributed by atoms with Crippen LogP contribution in [0.15, 0.2) is 30.3 Å². The Labute approximate surface area is 125 Å². The van der Waals surface area contributed by atoms with Crippen molar-refractivity contribution in [1.29, 1.82) is 0 Å². The number of aryl methyl sites for hydroxylation is 1. The first-order valence-electron chi connectivity index (χ1n) is 7.52. The number of benzene rings is 1. The van der Waals surface area contributed by atoms with E-state index in [0.29, 0.717) is 32.6 Å². The van der Waals surface area contributed by atoms with Crippen LogP contribution in [0.3, 0.4) is 0 Å². The molecule has 0 amide bonds. The van der Waals surface area contributed by atoms with Crippen LogP contribution < -0.4 is 5.32 Å². The molecule has 0 saturated carbocycles. The minimum atomic E-state index is -0.629. The fraction of sp³-hybridized carbons (Fsp3) is 0.471. The number of hydrogen-bond acceptors (Lipinski definition) is 4. The van der Waals surface area contributed by atoms with E-state index in [1.807, 2.05) is 25.1 Å². The summed E-state index contributed by atoms with van der Waals surface area (Å²) in [5, 5.41) is 15.0. The lowest BCUT2D eigenvalue weighted by Gasteiger charge is -2.32. The van der Waals surface area contributed by atoms with Crippen molar-refractivity contribution in [2.75, 3.05) is 19.8 Å². The highest BCUT2D eigenvalue weighted by molar-refractivity contribution is 5.82. The molecule has 0 aliphatic carbocycles. The van der Waals surface area contributed by atoms with E-state index >= 15 is 0 Å². The van der Waals surface area contributed by atoms with Crippen molar-refractivity contribution in [3.8, 4) is 0 Å². The van der Waals surface area contributed by atoms with Crippen LogP contribution in [0.2, 0.25) is 0 Å². The number of fused-ring (bicyclic) bond motifs is 1. The maximum atomic E-state index is 10.5. The third-order valence-electron chi connectivity index (χ3n) is 4.12. The number of aliphatic hydroxyl groups is 1. The maximum absolute atomic E-state index is 10.5. The number of rotatable bonds is 4. The van der Waals surface area contributed by atoms with Crippen LogP contribution in [0.5, 0.6) is 0 Å². The van der Waals surface area contributed by atoms with Crippen molar-refractivity contribution in [3.05, 3.63) is 41.6 Å². The summed E-state index contributed by atoms with van der Waals surface area (Å²) in [4.78, 5) is 4.55. The first-order chi connectivity index (χ1) is 10.2. The second-order valence-electron chi connectivity index (χ2n) is 5.88. The lowest BCUT2D eigenvalue weighted by Crippen LogP contribution is -2.44. The van der Waals surface area contributed by atoms with Gasteiger partial charge in [0.25, 0.3) is 0 Å². The normalized spacial score (nSPS) is 18.0. The molecule has 1 aliphatic heterocycles. The van der Waals surface area contributed by atoms with Gasteiger partial charge in [0.15, 0.2) is 0 Å². The number of ether oxygens (including phenoxy) is 1. The van der Waals surface area contributed by atoms with Gasteiger partial charge in [0.2, 0.25) is 0 Å². The monoisotopic (exact) mass is 286 g/mol. The third kappa shape index (κ3) is 3.40. The molecule has 21 heavy (non-hydrogen) atoms. The van der Waals surface area contributed by atoms with Gasteiger partial charge in [-0.25, -0.2) is 0 Å². The highest BCUT2D eigenvalue weighted by Gasteiger charge is 2.29. The Morgan fingerprint density at radius 2 is 2.05 bits per heavy atom. The first-order valence-corrected chi connectivity index (χ1v) is 7.52. The first kappa shape index (κ1) is 14.4. The molecule has 4 nitrogen and oxygen atoms in total. The number of nitrogens with zero attached hydrogens (tertiary/aromatic N) is 1. The Hall–Kier alpha value is -1.49. The average Bonchev–Trinajstić information content (AvgIpc) is 2.47. The largest absolute Gasteiger partial charge is 0.388 e. The van der Waals surface area contributed by atoms with Crippen LogP contribution in [-0.4, -0.2) is 35.5 Å². The van der Waals surface area contributed by atoms with E-state index in [1.54, 1.807) is 0 Å². The molecule has 1 aliphatic rings. The average molecular weight is 286 g/mol. The molecule has 2 N–H and O–H groups in total. The molecule has 0 radical (unpaired) electrons. The smallest absolute Gasteiger partial charge is 0.0815 e. The predicted octanol–water partition coefficient (Wildman–Crippen LogP) is 2.17. The van der Waals surface area contributed by atoms with Gasteiger partial charge in [-0.3, -0.25) is 4.98 Å². The molecule has 1 aromatic carbocycles. The number of hydrogen-bond donors (Lipinski definition) is 2. The van der Waals surface area contributed by atoms with Gasteiger partial charge in [-0.15, -0.1) is 0 Å². The molecule has 0 atom stereocenters. The molecular weight excluding hydrogens is 264 g/mol. The van der Waals surface area contributed by atoms with Crippen molar-refractivity contribution in [3.63, 3.8) is 0 Å². The molecule has 0 spiro atoms. The lowest BCUT2D eigenvalue weighted by atomic mass is 9.94. The highest BCUT2D eigenvalue weighted by Crippen LogP contribution is 2.21. The van der Waals surface area contributed by atoms with Gasteiger partial charge in [0.1, 0.15) is 0 Å². The Kier molecular flexibility index (Phi) is 4.19. The van der Waals surface area contributed by atoms with Crippen molar-refractivity contribution >= 4 is 10.9 Å². The summed E-state index contributed by atoms with van der Waals surface area (Å²) in [6.07, 6.45) is 1.41. The van der Waals surface area contributed by atoms with Crippen LogP contribution in [-0.2, 0) is 11.3 Å². The van der Waals surface area contributed by atoms with Gasteiger partial charge in [-0.1, -0.05) is 18.2 Å². The van der Waals surface area contributed by atoms with Crippen molar-refractivity contribution in [2.45, 2.75) is 31.9 Å². The fourth-order valence-corrected chi connectivity index (χ4v) is 2.90. The summed E-state index contributed by atoms with van der Waals surface area (Å²) < 4.78 is 5.31. The molecule has 1 fully saturated rings. The summed E-state index contributed by atoms with van der Waals surface area (Å²) in [6.45, 7) is 4.66. The quantitative estimate of drug-likeness (QED) is 0.904. The Morgan fingerprint density at radius 3 is 2.86 bits per heavy atom. The zero-order valence-corrected chi connectivity index (χ0v) is 12.4. The van der Waals surface area contributed by atoms with Gasteiger partial charge >= 0.3 is 0 Å². The van der Waals surface area contributed by atoms with Gasteiger partial charge in [0, 0.05) is 50.2 Å². The van der Waals surface area contributed by atoms with E-state index < -0.39 is 5.60 Å². The topological polar surface area (TPSA) is 54.4 Å². The van der Waals surface area contributed by atoms with Crippen molar-refractivity contribution < 1.29 is 9.84 Å². The zero-order chi connectivity index (χ0) is 14.7. The second kappa shape index (κ2) is 6.10. The minimum Gasteiger partial charge on any atom is -0.388 e. The third-order valence-corrected chi connectivity index (χ3v) is 4.12. The molecule has 112 valence electrons. The number of aromatic nitrogens is 1. The Bertz CT molecular complexity index is 621. The van der Waals surface area contributed by atoms with Crippen LogP contribution in [0.25, 0.3) is 10.9 Å². The van der Waals surface area contributed by atoms with Crippen molar-refractivity contribution in [2.24, 2.45) is 0 Å². The zero-order valence-electron chi connectivity index (χ0n) is 12.4. The highest BCUT2D eigenvalue weighted by atomic mass is 16.5. The molecule has 4 heteroatoms. The molecule has 2 aromatic rings. The van der Waals surface area contributed by atoms with E-state index in [0.717, 1.165) is 17.8 Å². The predicted molar refractivity (Wildman–Crippen MR) is 83.2 cm³/mol. The van der Waals surface area contributed by atoms with E-state index in [2.05, 4.69) is 22.4 Å². The summed E-state index contributed by atoms with van der Waals surface area (Å²) >= 11 is 0. The van der Waals surface area contributed by atoms with Crippen LogP contribution in [0.1, 0.15) is 24.1 Å². The fourth-order valence-electron chi connectivity index (χ4n) is 2.90. The molecule has 0 bridgehead atoms. The summed E-state index contributed by atoms with van der Waals surface area (Å²) in [7, 11) is 0. The number of nitrogens with one attached hydrogen (secondary N) is 1. The molecule has 2 heterocycles. The Balaban J connectivity index is 1.70.